The van der Waals surface area contributed by atoms with Gasteiger partial charge in [0.1, 0.15) is 11.9 Å². The highest BCUT2D eigenvalue weighted by molar-refractivity contribution is 5.19. The van der Waals surface area contributed by atoms with Gasteiger partial charge in [0.25, 0.3) is 0 Å². The molecule has 0 saturated carbocycles. The van der Waals surface area contributed by atoms with Crippen molar-refractivity contribution in [1.82, 2.24) is 0 Å². The van der Waals surface area contributed by atoms with E-state index in [4.69, 9.17) is 0 Å². The van der Waals surface area contributed by atoms with E-state index in [1.165, 1.54) is 24.3 Å². The van der Waals surface area contributed by atoms with Gasteiger partial charge >= 0.3 is 0 Å². The third-order valence-electron chi connectivity index (χ3n) is 1.99. The van der Waals surface area contributed by atoms with E-state index in [0.717, 1.165) is 0 Å². The summed E-state index contributed by atoms with van der Waals surface area (Å²) >= 11 is 0. The van der Waals surface area contributed by atoms with Crippen LogP contribution in [-0.2, 0) is 0 Å². The summed E-state index contributed by atoms with van der Waals surface area (Å²) in [5.41, 5.74) is 0.538. The lowest BCUT2D eigenvalue weighted by atomic mass is 10.0. The molecule has 3 heteroatoms. The maximum absolute atomic E-state index is 12.5. The van der Waals surface area contributed by atoms with Gasteiger partial charge in [-0.2, -0.15) is 0 Å². The number of hydrogen-bond donors (Lipinski definition) is 2. The molecule has 72 valence electrons. The van der Waals surface area contributed by atoms with Crippen LogP contribution in [0.25, 0.3) is 0 Å². The smallest absolute Gasteiger partial charge is 0.123 e. The summed E-state index contributed by atoms with van der Waals surface area (Å²) in [4.78, 5) is 0. The Hall–Kier alpha value is -0.930. The first kappa shape index (κ1) is 10.2. The van der Waals surface area contributed by atoms with E-state index < -0.39 is 12.2 Å². The van der Waals surface area contributed by atoms with Gasteiger partial charge in [0, 0.05) is 0 Å². The van der Waals surface area contributed by atoms with Gasteiger partial charge in [0.2, 0.25) is 0 Å². The fourth-order valence-corrected chi connectivity index (χ4v) is 1.11. The minimum absolute atomic E-state index is 0.345. The Morgan fingerprint density at radius 3 is 2.23 bits per heavy atom. The molecule has 13 heavy (non-hydrogen) atoms. The first-order valence-corrected chi connectivity index (χ1v) is 4.26. The molecular formula is C10H13FO2. The largest absolute Gasteiger partial charge is 0.390 e. The highest BCUT2D eigenvalue weighted by Crippen LogP contribution is 2.18. The molecule has 0 heterocycles. The second kappa shape index (κ2) is 4.35. The average molecular weight is 184 g/mol. The molecule has 0 saturated heterocycles. The molecule has 0 radical (unpaired) electrons. The van der Waals surface area contributed by atoms with Crippen LogP contribution in [-0.4, -0.2) is 16.3 Å². The van der Waals surface area contributed by atoms with Crippen molar-refractivity contribution in [3.8, 4) is 0 Å². The average Bonchev–Trinajstić information content (AvgIpc) is 2.17. The molecule has 0 aliphatic heterocycles. The van der Waals surface area contributed by atoms with Crippen molar-refractivity contribution in [1.29, 1.82) is 0 Å². The highest BCUT2D eigenvalue weighted by atomic mass is 19.1. The summed E-state index contributed by atoms with van der Waals surface area (Å²) in [5, 5.41) is 18.8. The molecule has 2 nitrogen and oxygen atoms in total. The monoisotopic (exact) mass is 184 g/mol. The number of aliphatic hydroxyl groups is 2. The Labute approximate surface area is 76.6 Å². The van der Waals surface area contributed by atoms with Gasteiger partial charge in [-0.1, -0.05) is 19.1 Å². The summed E-state index contributed by atoms with van der Waals surface area (Å²) in [5.74, 6) is -0.345. The summed E-state index contributed by atoms with van der Waals surface area (Å²) in [6, 6.07) is 5.47. The fourth-order valence-electron chi connectivity index (χ4n) is 1.11. The van der Waals surface area contributed by atoms with E-state index in [-0.39, 0.29) is 5.82 Å². The predicted octanol–water partition coefficient (Wildman–Crippen LogP) is 1.63. The second-order valence-electron chi connectivity index (χ2n) is 2.97. The first-order valence-electron chi connectivity index (χ1n) is 4.26. The molecule has 2 atom stereocenters. The van der Waals surface area contributed by atoms with Gasteiger partial charge in [0.05, 0.1) is 6.10 Å². The Kier molecular flexibility index (Phi) is 3.39. The third-order valence-corrected chi connectivity index (χ3v) is 1.99. The molecule has 0 spiro atoms. The van der Waals surface area contributed by atoms with Crippen molar-refractivity contribution >= 4 is 0 Å². The van der Waals surface area contributed by atoms with Crippen molar-refractivity contribution in [3.63, 3.8) is 0 Å². The summed E-state index contributed by atoms with van der Waals surface area (Å²) in [6.07, 6.45) is -1.24. The zero-order valence-electron chi connectivity index (χ0n) is 7.44. The van der Waals surface area contributed by atoms with Crippen LogP contribution in [0, 0.1) is 5.82 Å². The van der Waals surface area contributed by atoms with Crippen LogP contribution in [0.1, 0.15) is 25.0 Å². The van der Waals surface area contributed by atoms with E-state index in [9.17, 15) is 14.6 Å². The lowest BCUT2D eigenvalue weighted by Crippen LogP contribution is -2.16. The van der Waals surface area contributed by atoms with E-state index in [0.29, 0.717) is 12.0 Å². The van der Waals surface area contributed by atoms with E-state index in [2.05, 4.69) is 0 Å². The van der Waals surface area contributed by atoms with Crippen LogP contribution in [0.15, 0.2) is 24.3 Å². The van der Waals surface area contributed by atoms with Crippen molar-refractivity contribution in [2.75, 3.05) is 0 Å². The molecule has 2 unspecified atom stereocenters. The van der Waals surface area contributed by atoms with E-state index >= 15 is 0 Å². The van der Waals surface area contributed by atoms with Crippen molar-refractivity contribution in [2.24, 2.45) is 0 Å². The van der Waals surface area contributed by atoms with Crippen LogP contribution in [0.2, 0.25) is 0 Å². The Morgan fingerprint density at radius 2 is 1.77 bits per heavy atom. The second-order valence-corrected chi connectivity index (χ2v) is 2.97. The number of halogens is 1. The molecule has 1 aromatic carbocycles. The maximum atomic E-state index is 12.5. The number of aliphatic hydroxyl groups excluding tert-OH is 2. The summed E-state index contributed by atoms with van der Waals surface area (Å²) < 4.78 is 12.5. The molecular weight excluding hydrogens is 171 g/mol. The molecule has 0 aliphatic rings. The van der Waals surface area contributed by atoms with Crippen LogP contribution in [0.3, 0.4) is 0 Å². The molecule has 0 fully saturated rings. The zero-order chi connectivity index (χ0) is 9.84. The fraction of sp³-hybridized carbons (Fsp3) is 0.400. The molecule has 0 bridgehead atoms. The topological polar surface area (TPSA) is 40.5 Å². The molecule has 1 aromatic rings. The van der Waals surface area contributed by atoms with Crippen molar-refractivity contribution < 1.29 is 14.6 Å². The van der Waals surface area contributed by atoms with E-state index in [1.54, 1.807) is 6.92 Å². The van der Waals surface area contributed by atoms with Crippen LogP contribution < -0.4 is 0 Å². The molecule has 0 aromatic heterocycles. The molecule has 1 rings (SSSR count). The van der Waals surface area contributed by atoms with Gasteiger partial charge in [-0.3, -0.25) is 0 Å². The number of benzene rings is 1. The highest BCUT2D eigenvalue weighted by Gasteiger charge is 2.15. The van der Waals surface area contributed by atoms with Crippen molar-refractivity contribution in [2.45, 2.75) is 25.6 Å². The van der Waals surface area contributed by atoms with Gasteiger partial charge in [-0.15, -0.1) is 0 Å². The maximum Gasteiger partial charge on any atom is 0.123 e. The number of rotatable bonds is 3. The first-order chi connectivity index (χ1) is 6.15. The van der Waals surface area contributed by atoms with Gasteiger partial charge in [-0.25, -0.2) is 4.39 Å². The predicted molar refractivity (Wildman–Crippen MR) is 47.7 cm³/mol. The quantitative estimate of drug-likeness (QED) is 0.749. The van der Waals surface area contributed by atoms with Crippen LogP contribution >= 0.6 is 0 Å². The Bertz CT molecular complexity index is 258. The van der Waals surface area contributed by atoms with Crippen LogP contribution in [0.5, 0.6) is 0 Å². The van der Waals surface area contributed by atoms with Gasteiger partial charge in [-0.05, 0) is 24.1 Å². The minimum atomic E-state index is -0.925. The standard InChI is InChI=1S/C10H13FO2/c1-2-9(12)10(13)7-3-5-8(11)6-4-7/h3-6,9-10,12-13H,2H2,1H3. The lowest BCUT2D eigenvalue weighted by molar-refractivity contribution is 0.0164. The number of hydrogen-bond acceptors (Lipinski definition) is 2. The van der Waals surface area contributed by atoms with Gasteiger partial charge in [0.15, 0.2) is 0 Å². The zero-order valence-corrected chi connectivity index (χ0v) is 7.44. The third kappa shape index (κ3) is 2.50. The molecule has 0 amide bonds. The minimum Gasteiger partial charge on any atom is -0.390 e. The molecule has 0 aliphatic carbocycles. The van der Waals surface area contributed by atoms with Crippen molar-refractivity contribution in [3.05, 3.63) is 35.6 Å². The normalized spacial score (nSPS) is 15.4. The molecule has 2 N–H and O–H groups in total. The Morgan fingerprint density at radius 1 is 1.23 bits per heavy atom. The Balaban J connectivity index is 2.77. The SMILES string of the molecule is CCC(O)C(O)c1ccc(F)cc1. The van der Waals surface area contributed by atoms with Crippen LogP contribution in [0.4, 0.5) is 4.39 Å². The lowest BCUT2D eigenvalue weighted by Gasteiger charge is -2.16. The van der Waals surface area contributed by atoms with Gasteiger partial charge < -0.3 is 10.2 Å². The summed E-state index contributed by atoms with van der Waals surface area (Å²) in [6.45, 7) is 1.78. The van der Waals surface area contributed by atoms with E-state index in [1.807, 2.05) is 0 Å². The summed E-state index contributed by atoms with van der Waals surface area (Å²) in [7, 11) is 0.